The Morgan fingerprint density at radius 2 is 2.04 bits per heavy atom. The van der Waals surface area contributed by atoms with Crippen LogP contribution >= 0.6 is 11.3 Å². The number of hydrogen-bond donors (Lipinski definition) is 1. The molecule has 0 radical (unpaired) electrons. The average molecular weight is 355 g/mol. The lowest BCUT2D eigenvalue weighted by Crippen LogP contribution is -2.18. The molecule has 25 heavy (non-hydrogen) atoms. The smallest absolute Gasteiger partial charge is 0.236 e. The van der Waals surface area contributed by atoms with Crippen LogP contribution < -0.4 is 10.1 Å². The van der Waals surface area contributed by atoms with E-state index in [9.17, 15) is 14.9 Å². The molecule has 1 saturated carbocycles. The van der Waals surface area contributed by atoms with Gasteiger partial charge in [0.1, 0.15) is 17.4 Å². The van der Waals surface area contributed by atoms with E-state index in [-0.39, 0.29) is 5.91 Å². The fourth-order valence-corrected chi connectivity index (χ4v) is 3.44. The summed E-state index contributed by atoms with van der Waals surface area (Å²) < 4.78 is 6.65. The number of nitrogens with one attached hydrogen (secondary N) is 1. The van der Waals surface area contributed by atoms with Crippen LogP contribution in [0.4, 0.5) is 5.13 Å². The molecular formula is C17H13N3O4S. The number of benzene rings is 2. The maximum atomic E-state index is 12.0. The number of rotatable bonds is 5. The molecule has 8 heteroatoms. The summed E-state index contributed by atoms with van der Waals surface area (Å²) in [4.78, 5) is 26.6. The lowest BCUT2D eigenvalue weighted by molar-refractivity contribution is -0.497. The van der Waals surface area contributed by atoms with Crippen molar-refractivity contribution in [1.29, 1.82) is 0 Å². The lowest BCUT2D eigenvalue weighted by atomic mass is 10.3. The number of carbonyl (C=O) groups is 1. The number of anilines is 1. The van der Waals surface area contributed by atoms with E-state index < -0.39 is 16.9 Å². The van der Waals surface area contributed by atoms with Crippen molar-refractivity contribution in [2.45, 2.75) is 12.5 Å². The molecule has 0 unspecified atom stereocenters. The highest BCUT2D eigenvalue weighted by atomic mass is 32.1. The highest BCUT2D eigenvalue weighted by molar-refractivity contribution is 7.22. The summed E-state index contributed by atoms with van der Waals surface area (Å²) in [5.41, 5.74) is 0.738. The number of thiazole rings is 1. The zero-order valence-corrected chi connectivity index (χ0v) is 13.7. The molecule has 0 aliphatic heterocycles. The van der Waals surface area contributed by atoms with Crippen molar-refractivity contribution in [1.82, 2.24) is 4.98 Å². The first-order valence-electron chi connectivity index (χ1n) is 7.68. The van der Waals surface area contributed by atoms with Gasteiger partial charge in [0.15, 0.2) is 5.13 Å². The van der Waals surface area contributed by atoms with Crippen molar-refractivity contribution in [3.8, 4) is 11.5 Å². The van der Waals surface area contributed by atoms with Crippen LogP contribution in [-0.4, -0.2) is 21.9 Å². The summed E-state index contributed by atoms with van der Waals surface area (Å²) in [5.74, 6) is 0.510. The van der Waals surface area contributed by atoms with Crippen LogP contribution in [0.15, 0.2) is 48.5 Å². The van der Waals surface area contributed by atoms with Crippen molar-refractivity contribution >= 4 is 32.6 Å². The van der Waals surface area contributed by atoms with Gasteiger partial charge in [-0.2, -0.15) is 0 Å². The maximum Gasteiger partial charge on any atom is 0.236 e. The Bertz CT molecular complexity index is 957. The molecule has 0 spiro atoms. The first-order chi connectivity index (χ1) is 12.1. The Kier molecular flexibility index (Phi) is 3.81. The van der Waals surface area contributed by atoms with Gasteiger partial charge in [0, 0.05) is 17.4 Å². The van der Waals surface area contributed by atoms with E-state index in [1.807, 2.05) is 48.5 Å². The van der Waals surface area contributed by atoms with Gasteiger partial charge in [-0.05, 0) is 24.3 Å². The monoisotopic (exact) mass is 355 g/mol. The predicted octanol–water partition coefficient (Wildman–Crippen LogP) is 3.69. The third-order valence-electron chi connectivity index (χ3n) is 3.93. The summed E-state index contributed by atoms with van der Waals surface area (Å²) in [6.07, 6.45) is 0.290. The normalized spacial score (nSPS) is 18.7. The standard InChI is InChI=1S/C17H13N3O4S/c21-16(12-9-14(12)20(22)23)19-17-18-13-7-6-11(8-15(13)25-17)24-10-4-2-1-3-5-10/h1-8,12,14H,9H2,(H,18,19,21)/t12-,14-/m1/s1. The number of aromatic nitrogens is 1. The first-order valence-corrected chi connectivity index (χ1v) is 8.49. The van der Waals surface area contributed by atoms with E-state index in [2.05, 4.69) is 10.3 Å². The summed E-state index contributed by atoms with van der Waals surface area (Å²) in [5, 5.41) is 13.8. The van der Waals surface area contributed by atoms with E-state index in [0.29, 0.717) is 17.3 Å². The van der Waals surface area contributed by atoms with Crippen molar-refractivity contribution < 1.29 is 14.5 Å². The number of hydrogen-bond acceptors (Lipinski definition) is 6. The van der Waals surface area contributed by atoms with Gasteiger partial charge in [-0.3, -0.25) is 14.9 Å². The van der Waals surface area contributed by atoms with Crippen LogP contribution in [0.1, 0.15) is 6.42 Å². The van der Waals surface area contributed by atoms with Crippen molar-refractivity contribution in [2.24, 2.45) is 5.92 Å². The minimum absolute atomic E-state index is 0.290. The SMILES string of the molecule is O=C(Nc1nc2ccc(Oc3ccccc3)cc2s1)[C@@H]1C[C@H]1[N+](=O)[O-]. The average Bonchev–Trinajstić information content (AvgIpc) is 3.31. The number of nitrogens with zero attached hydrogens (tertiary/aromatic N) is 2. The summed E-state index contributed by atoms with van der Waals surface area (Å²) in [7, 11) is 0. The van der Waals surface area contributed by atoms with Crippen LogP contribution in [0, 0.1) is 16.0 Å². The minimum atomic E-state index is -0.764. The second-order valence-corrected chi connectivity index (χ2v) is 6.78. The molecule has 2 atom stereocenters. The van der Waals surface area contributed by atoms with Gasteiger partial charge < -0.3 is 10.1 Å². The molecule has 1 amide bonds. The third-order valence-corrected chi connectivity index (χ3v) is 4.87. The first kappa shape index (κ1) is 15.5. The maximum absolute atomic E-state index is 12.0. The minimum Gasteiger partial charge on any atom is -0.457 e. The topological polar surface area (TPSA) is 94.4 Å². The number of fused-ring (bicyclic) bond motifs is 1. The fourth-order valence-electron chi connectivity index (χ4n) is 2.54. The van der Waals surface area contributed by atoms with Crippen molar-refractivity contribution in [3.05, 3.63) is 58.6 Å². The second-order valence-electron chi connectivity index (χ2n) is 5.75. The Labute approximate surface area is 146 Å². The quantitative estimate of drug-likeness (QED) is 0.556. The van der Waals surface area contributed by atoms with Crippen molar-refractivity contribution in [2.75, 3.05) is 5.32 Å². The van der Waals surface area contributed by atoms with Crippen molar-refractivity contribution in [3.63, 3.8) is 0 Å². The molecule has 3 aromatic rings. The van der Waals surface area contributed by atoms with Crippen LogP contribution in [0.25, 0.3) is 10.2 Å². The molecule has 1 N–H and O–H groups in total. The largest absolute Gasteiger partial charge is 0.457 e. The number of para-hydroxylation sites is 1. The summed E-state index contributed by atoms with van der Waals surface area (Å²) >= 11 is 1.31. The molecular weight excluding hydrogens is 342 g/mol. The number of nitro groups is 1. The Morgan fingerprint density at radius 1 is 1.24 bits per heavy atom. The van der Waals surface area contributed by atoms with Crippen LogP contribution in [-0.2, 0) is 4.79 Å². The zero-order chi connectivity index (χ0) is 17.4. The Morgan fingerprint density at radius 3 is 2.76 bits per heavy atom. The summed E-state index contributed by atoms with van der Waals surface area (Å²) in [6.45, 7) is 0. The van der Waals surface area contributed by atoms with Gasteiger partial charge in [-0.1, -0.05) is 29.5 Å². The third kappa shape index (κ3) is 3.29. The van der Waals surface area contributed by atoms with E-state index in [1.165, 1.54) is 11.3 Å². The van der Waals surface area contributed by atoms with Gasteiger partial charge >= 0.3 is 0 Å². The number of ether oxygens (including phenoxy) is 1. The van der Waals surface area contributed by atoms with E-state index in [0.717, 1.165) is 16.0 Å². The number of carbonyl (C=O) groups excluding carboxylic acids is 1. The van der Waals surface area contributed by atoms with E-state index in [1.54, 1.807) is 0 Å². The van der Waals surface area contributed by atoms with Gasteiger partial charge in [-0.25, -0.2) is 4.98 Å². The fraction of sp³-hybridized carbons (Fsp3) is 0.176. The van der Waals surface area contributed by atoms with Gasteiger partial charge in [-0.15, -0.1) is 0 Å². The predicted molar refractivity (Wildman–Crippen MR) is 93.7 cm³/mol. The molecule has 126 valence electrons. The van der Waals surface area contributed by atoms with E-state index in [4.69, 9.17) is 4.74 Å². The molecule has 1 aliphatic carbocycles. The molecule has 1 heterocycles. The molecule has 2 aromatic carbocycles. The molecule has 1 aromatic heterocycles. The Balaban J connectivity index is 1.49. The Hall–Kier alpha value is -3.00. The highest BCUT2D eigenvalue weighted by Gasteiger charge is 2.53. The molecule has 1 fully saturated rings. The molecule has 0 saturated heterocycles. The molecule has 1 aliphatic rings. The van der Waals surface area contributed by atoms with Crippen LogP contribution in [0.3, 0.4) is 0 Å². The van der Waals surface area contributed by atoms with E-state index >= 15 is 0 Å². The molecule has 4 rings (SSSR count). The lowest BCUT2D eigenvalue weighted by Gasteiger charge is -2.04. The number of amides is 1. The van der Waals surface area contributed by atoms with Gasteiger partial charge in [0.2, 0.25) is 11.9 Å². The van der Waals surface area contributed by atoms with Gasteiger partial charge in [0.05, 0.1) is 10.2 Å². The van der Waals surface area contributed by atoms with Crippen LogP contribution in [0.5, 0.6) is 11.5 Å². The zero-order valence-electron chi connectivity index (χ0n) is 12.9. The molecule has 0 bridgehead atoms. The summed E-state index contributed by atoms with van der Waals surface area (Å²) in [6, 6.07) is 14.1. The van der Waals surface area contributed by atoms with Gasteiger partial charge in [0.25, 0.3) is 0 Å². The van der Waals surface area contributed by atoms with Crippen LogP contribution in [0.2, 0.25) is 0 Å². The molecule has 7 nitrogen and oxygen atoms in total. The second kappa shape index (κ2) is 6.14. The highest BCUT2D eigenvalue weighted by Crippen LogP contribution is 2.36.